The summed E-state index contributed by atoms with van der Waals surface area (Å²) in [6.45, 7) is 0. The van der Waals surface area contributed by atoms with Crippen molar-refractivity contribution in [3.8, 4) is 0 Å². The van der Waals surface area contributed by atoms with Crippen molar-refractivity contribution in [1.29, 1.82) is 0 Å². The minimum atomic E-state index is -0.137. The second-order valence-corrected chi connectivity index (χ2v) is 4.64. The van der Waals surface area contributed by atoms with Crippen molar-refractivity contribution in [2.75, 3.05) is 0 Å². The van der Waals surface area contributed by atoms with Crippen LogP contribution in [0.25, 0.3) is 0 Å². The van der Waals surface area contributed by atoms with Crippen LogP contribution < -0.4 is 5.73 Å². The fraction of sp³-hybridized carbons (Fsp3) is 0.500. The first-order chi connectivity index (χ1) is 6.73. The van der Waals surface area contributed by atoms with E-state index in [1.165, 1.54) is 18.9 Å². The van der Waals surface area contributed by atoms with Crippen LogP contribution in [-0.2, 0) is 5.41 Å². The molecule has 14 heavy (non-hydrogen) atoms. The third kappa shape index (κ3) is 1.04. The van der Waals surface area contributed by atoms with Crippen LogP contribution in [-0.4, -0.2) is 6.04 Å². The van der Waals surface area contributed by atoms with Gasteiger partial charge in [0.15, 0.2) is 0 Å². The summed E-state index contributed by atoms with van der Waals surface area (Å²) in [6, 6.07) is 7.23. The summed E-state index contributed by atoms with van der Waals surface area (Å²) in [5.41, 5.74) is 7.26. The van der Waals surface area contributed by atoms with E-state index in [0.717, 1.165) is 17.9 Å². The van der Waals surface area contributed by atoms with E-state index in [4.69, 9.17) is 5.73 Å². The van der Waals surface area contributed by atoms with Crippen LogP contribution >= 0.6 is 0 Å². The molecule has 2 aliphatic carbocycles. The lowest BCUT2D eigenvalue weighted by Gasteiger charge is -2.15. The maximum Gasteiger partial charge on any atom is 0.123 e. The van der Waals surface area contributed by atoms with E-state index in [2.05, 4.69) is 0 Å². The average molecular weight is 191 g/mol. The van der Waals surface area contributed by atoms with Gasteiger partial charge in [-0.25, -0.2) is 4.39 Å². The van der Waals surface area contributed by atoms with Crippen LogP contribution in [0.2, 0.25) is 0 Å². The second kappa shape index (κ2) is 2.57. The first-order valence-corrected chi connectivity index (χ1v) is 5.25. The number of halogens is 1. The van der Waals surface area contributed by atoms with Crippen LogP contribution in [0.3, 0.4) is 0 Å². The van der Waals surface area contributed by atoms with Gasteiger partial charge in [0.25, 0.3) is 0 Å². The van der Waals surface area contributed by atoms with E-state index in [0.29, 0.717) is 0 Å². The Morgan fingerprint density at radius 1 is 1.36 bits per heavy atom. The van der Waals surface area contributed by atoms with Crippen molar-refractivity contribution in [2.24, 2.45) is 11.7 Å². The molecule has 1 aromatic carbocycles. The molecule has 1 aromatic rings. The largest absolute Gasteiger partial charge is 0.327 e. The molecule has 2 aliphatic rings. The highest BCUT2D eigenvalue weighted by Crippen LogP contribution is 2.61. The Labute approximate surface area is 83.1 Å². The summed E-state index contributed by atoms with van der Waals surface area (Å²) >= 11 is 0. The Morgan fingerprint density at radius 2 is 2.07 bits per heavy atom. The zero-order chi connectivity index (χ0) is 9.76. The first-order valence-electron chi connectivity index (χ1n) is 5.25. The highest BCUT2D eigenvalue weighted by atomic mass is 19.1. The molecule has 2 atom stereocenters. The summed E-state index contributed by atoms with van der Waals surface area (Å²) < 4.78 is 13.1. The molecule has 74 valence electrons. The molecule has 1 unspecified atom stereocenters. The zero-order valence-corrected chi connectivity index (χ0v) is 8.04. The molecule has 0 radical (unpaired) electrons. The Bertz CT molecular complexity index is 372. The van der Waals surface area contributed by atoms with E-state index in [1.54, 1.807) is 12.1 Å². The molecular weight excluding hydrogens is 177 g/mol. The smallest absolute Gasteiger partial charge is 0.123 e. The van der Waals surface area contributed by atoms with Crippen molar-refractivity contribution in [3.05, 3.63) is 35.6 Å². The monoisotopic (exact) mass is 191 g/mol. The highest BCUT2D eigenvalue weighted by Gasteiger charge is 2.61. The van der Waals surface area contributed by atoms with Crippen LogP contribution in [0, 0.1) is 11.7 Å². The van der Waals surface area contributed by atoms with E-state index < -0.39 is 0 Å². The molecule has 0 bridgehead atoms. The summed E-state index contributed by atoms with van der Waals surface area (Å²) in [7, 11) is 0. The second-order valence-electron chi connectivity index (χ2n) is 4.64. The van der Waals surface area contributed by atoms with Gasteiger partial charge in [0.05, 0.1) is 0 Å². The van der Waals surface area contributed by atoms with Crippen LogP contribution in [0.4, 0.5) is 4.39 Å². The first kappa shape index (κ1) is 8.42. The van der Waals surface area contributed by atoms with Crippen LogP contribution in [0.15, 0.2) is 24.3 Å². The summed E-state index contributed by atoms with van der Waals surface area (Å²) in [5.74, 6) is 0.584. The Morgan fingerprint density at radius 3 is 2.57 bits per heavy atom. The van der Waals surface area contributed by atoms with E-state index in [1.807, 2.05) is 6.07 Å². The van der Waals surface area contributed by atoms with Gasteiger partial charge in [0.1, 0.15) is 5.82 Å². The van der Waals surface area contributed by atoms with Gasteiger partial charge in [-0.05, 0) is 42.9 Å². The fourth-order valence-corrected chi connectivity index (χ4v) is 2.72. The van der Waals surface area contributed by atoms with Crippen LogP contribution in [0.1, 0.15) is 24.8 Å². The molecule has 2 heteroatoms. The number of hydrogen-bond acceptors (Lipinski definition) is 1. The van der Waals surface area contributed by atoms with E-state index in [9.17, 15) is 4.39 Å². The van der Waals surface area contributed by atoms with Gasteiger partial charge in [-0.15, -0.1) is 0 Å². The van der Waals surface area contributed by atoms with Gasteiger partial charge in [-0.1, -0.05) is 12.1 Å². The number of benzene rings is 1. The summed E-state index contributed by atoms with van der Waals surface area (Å²) in [6.07, 6.45) is 3.58. The molecule has 0 saturated heterocycles. The van der Waals surface area contributed by atoms with Crippen molar-refractivity contribution < 1.29 is 4.39 Å². The number of rotatable bonds is 2. The van der Waals surface area contributed by atoms with Gasteiger partial charge in [0, 0.05) is 11.5 Å². The van der Waals surface area contributed by atoms with E-state index in [-0.39, 0.29) is 17.3 Å². The molecular formula is C12H14FN. The quantitative estimate of drug-likeness (QED) is 0.762. The topological polar surface area (TPSA) is 26.0 Å². The normalized spacial score (nSPS) is 35.7. The Hall–Kier alpha value is -0.890. The molecule has 0 aromatic heterocycles. The number of hydrogen-bond donors (Lipinski definition) is 1. The fourth-order valence-electron chi connectivity index (χ4n) is 2.72. The maximum atomic E-state index is 13.1. The average Bonchev–Trinajstić information content (AvgIpc) is 2.98. The summed E-state index contributed by atoms with van der Waals surface area (Å²) in [4.78, 5) is 0. The van der Waals surface area contributed by atoms with Crippen LogP contribution in [0.5, 0.6) is 0 Å². The molecule has 2 N–H and O–H groups in total. The standard InChI is InChI=1S/C12H14FN/c13-10-3-1-2-9(6-10)12(7-11(12)14)8-4-5-8/h1-3,6,8,11H,4-5,7,14H2/t11-,12?/m1/s1. The van der Waals surface area contributed by atoms with Crippen molar-refractivity contribution in [2.45, 2.75) is 30.7 Å². The molecule has 0 heterocycles. The molecule has 0 spiro atoms. The van der Waals surface area contributed by atoms with Gasteiger partial charge >= 0.3 is 0 Å². The molecule has 0 amide bonds. The van der Waals surface area contributed by atoms with Gasteiger partial charge in [0.2, 0.25) is 0 Å². The molecule has 1 nitrogen and oxygen atoms in total. The zero-order valence-electron chi connectivity index (χ0n) is 8.04. The third-order valence-electron chi connectivity index (χ3n) is 3.73. The van der Waals surface area contributed by atoms with Crippen molar-refractivity contribution >= 4 is 0 Å². The molecule has 0 aliphatic heterocycles. The lowest BCUT2D eigenvalue weighted by atomic mass is 9.90. The lowest BCUT2D eigenvalue weighted by Crippen LogP contribution is -2.20. The van der Waals surface area contributed by atoms with E-state index >= 15 is 0 Å². The highest BCUT2D eigenvalue weighted by molar-refractivity contribution is 5.39. The minimum Gasteiger partial charge on any atom is -0.327 e. The molecule has 2 saturated carbocycles. The molecule has 2 fully saturated rings. The lowest BCUT2D eigenvalue weighted by molar-refractivity contribution is 0.561. The maximum absolute atomic E-state index is 13.1. The minimum absolute atomic E-state index is 0.137. The van der Waals surface area contributed by atoms with Gasteiger partial charge in [-0.2, -0.15) is 0 Å². The van der Waals surface area contributed by atoms with Gasteiger partial charge in [-0.3, -0.25) is 0 Å². The molecule has 3 rings (SSSR count). The summed E-state index contributed by atoms with van der Waals surface area (Å²) in [5, 5.41) is 0. The third-order valence-corrected chi connectivity index (χ3v) is 3.73. The Balaban J connectivity index is 2.01. The van der Waals surface area contributed by atoms with Gasteiger partial charge < -0.3 is 5.73 Å². The number of nitrogens with two attached hydrogens (primary N) is 1. The predicted molar refractivity (Wildman–Crippen MR) is 53.4 cm³/mol. The SMILES string of the molecule is N[C@@H]1CC1(c1cccc(F)c1)C1CC1. The van der Waals surface area contributed by atoms with Crippen molar-refractivity contribution in [1.82, 2.24) is 0 Å². The van der Waals surface area contributed by atoms with Crippen molar-refractivity contribution in [3.63, 3.8) is 0 Å². The predicted octanol–water partition coefficient (Wildman–Crippen LogP) is 2.20. The Kier molecular flexibility index (Phi) is 1.55.